The molecule has 0 spiro atoms. The maximum Gasteiger partial charge on any atom is 0.573 e. The Hall–Kier alpha value is -3.04. The van der Waals surface area contributed by atoms with Crippen LogP contribution in [0, 0.1) is 5.82 Å². The van der Waals surface area contributed by atoms with E-state index >= 15 is 0 Å². The first kappa shape index (κ1) is 19.3. The Kier molecular flexibility index (Phi) is 6.21. The molecule has 0 fully saturated rings. The number of nitrogens with one attached hydrogen (secondary N) is 2. The first-order chi connectivity index (χ1) is 12.3. The molecule has 0 saturated carbocycles. The summed E-state index contributed by atoms with van der Waals surface area (Å²) in [6, 6.07) is 5.81. The molecule has 2 aromatic rings. The SMILES string of the molecule is CNc1cc(C(=O)NCCOc2ccc(OC(F)(F)F)c(F)c2)ccn1. The summed E-state index contributed by atoms with van der Waals surface area (Å²) in [6.45, 7) is 0.104. The maximum atomic E-state index is 13.5. The highest BCUT2D eigenvalue weighted by molar-refractivity contribution is 5.94. The van der Waals surface area contributed by atoms with Crippen LogP contribution in [0.3, 0.4) is 0 Å². The molecule has 10 heteroatoms. The summed E-state index contributed by atoms with van der Waals surface area (Å²) in [6.07, 6.45) is -3.50. The highest BCUT2D eigenvalue weighted by atomic mass is 19.4. The number of rotatable bonds is 7. The second-order valence-electron chi connectivity index (χ2n) is 4.92. The van der Waals surface area contributed by atoms with Crippen molar-refractivity contribution in [2.24, 2.45) is 0 Å². The van der Waals surface area contributed by atoms with E-state index in [0.717, 1.165) is 18.2 Å². The summed E-state index contributed by atoms with van der Waals surface area (Å²) in [5.41, 5.74) is 0.393. The molecule has 140 valence electrons. The van der Waals surface area contributed by atoms with Gasteiger partial charge in [0.15, 0.2) is 11.6 Å². The van der Waals surface area contributed by atoms with Gasteiger partial charge in [0, 0.05) is 24.9 Å². The molecule has 0 unspecified atom stereocenters. The van der Waals surface area contributed by atoms with Crippen molar-refractivity contribution in [2.45, 2.75) is 6.36 Å². The van der Waals surface area contributed by atoms with Crippen LogP contribution in [0.5, 0.6) is 11.5 Å². The first-order valence-corrected chi connectivity index (χ1v) is 7.38. The second-order valence-corrected chi connectivity index (χ2v) is 4.92. The van der Waals surface area contributed by atoms with Crippen LogP contribution in [0.2, 0.25) is 0 Å². The predicted octanol–water partition coefficient (Wildman–Crippen LogP) is 2.97. The van der Waals surface area contributed by atoms with E-state index in [-0.39, 0.29) is 24.8 Å². The fourth-order valence-electron chi connectivity index (χ4n) is 1.92. The molecule has 1 amide bonds. The van der Waals surface area contributed by atoms with E-state index < -0.39 is 17.9 Å². The van der Waals surface area contributed by atoms with Gasteiger partial charge in [0.05, 0.1) is 6.54 Å². The molecule has 0 radical (unpaired) electrons. The zero-order valence-electron chi connectivity index (χ0n) is 13.6. The van der Waals surface area contributed by atoms with Gasteiger partial charge in [-0.25, -0.2) is 9.37 Å². The number of ether oxygens (including phenoxy) is 2. The van der Waals surface area contributed by atoms with Gasteiger partial charge >= 0.3 is 6.36 Å². The third-order valence-corrected chi connectivity index (χ3v) is 3.06. The molecule has 26 heavy (non-hydrogen) atoms. The predicted molar refractivity (Wildman–Crippen MR) is 84.7 cm³/mol. The molecule has 0 aliphatic rings. The lowest BCUT2D eigenvalue weighted by molar-refractivity contribution is -0.275. The van der Waals surface area contributed by atoms with Gasteiger partial charge < -0.3 is 20.1 Å². The lowest BCUT2D eigenvalue weighted by Gasteiger charge is -2.11. The number of amides is 1. The molecular weight excluding hydrogens is 358 g/mol. The smallest absolute Gasteiger partial charge is 0.492 e. The van der Waals surface area contributed by atoms with Crippen LogP contribution in [-0.4, -0.2) is 37.5 Å². The molecule has 0 aliphatic carbocycles. The van der Waals surface area contributed by atoms with Crippen molar-refractivity contribution in [1.82, 2.24) is 10.3 Å². The topological polar surface area (TPSA) is 72.5 Å². The van der Waals surface area contributed by atoms with E-state index in [0.29, 0.717) is 11.4 Å². The largest absolute Gasteiger partial charge is 0.573 e. The molecule has 2 rings (SSSR count). The Morgan fingerprint density at radius 1 is 1.23 bits per heavy atom. The lowest BCUT2D eigenvalue weighted by atomic mass is 10.2. The minimum absolute atomic E-state index is 0.00533. The number of benzene rings is 1. The lowest BCUT2D eigenvalue weighted by Crippen LogP contribution is -2.28. The summed E-state index contributed by atoms with van der Waals surface area (Å²) in [4.78, 5) is 15.9. The summed E-state index contributed by atoms with van der Waals surface area (Å²) in [7, 11) is 1.67. The van der Waals surface area contributed by atoms with Gasteiger partial charge in [-0.2, -0.15) is 0 Å². The Labute approximate surface area is 146 Å². The number of alkyl halides is 3. The number of nitrogens with zero attached hydrogens (tertiary/aromatic N) is 1. The van der Waals surface area contributed by atoms with Crippen LogP contribution in [0.1, 0.15) is 10.4 Å². The van der Waals surface area contributed by atoms with E-state index in [2.05, 4.69) is 20.4 Å². The molecule has 0 atom stereocenters. The molecule has 0 saturated heterocycles. The fourth-order valence-corrected chi connectivity index (χ4v) is 1.92. The normalized spacial score (nSPS) is 11.0. The fraction of sp³-hybridized carbons (Fsp3) is 0.250. The van der Waals surface area contributed by atoms with Crippen LogP contribution in [0.25, 0.3) is 0 Å². The van der Waals surface area contributed by atoms with Crippen molar-refractivity contribution < 1.29 is 31.8 Å². The minimum atomic E-state index is -4.98. The molecule has 1 aromatic carbocycles. The average Bonchev–Trinajstić information content (AvgIpc) is 2.59. The second kappa shape index (κ2) is 8.37. The zero-order chi connectivity index (χ0) is 19.2. The van der Waals surface area contributed by atoms with Gasteiger partial charge in [-0.05, 0) is 24.3 Å². The Bertz CT molecular complexity index is 769. The van der Waals surface area contributed by atoms with E-state index in [9.17, 15) is 22.4 Å². The number of carbonyl (C=O) groups is 1. The van der Waals surface area contributed by atoms with Gasteiger partial charge in [-0.3, -0.25) is 4.79 Å². The van der Waals surface area contributed by atoms with Crippen LogP contribution < -0.4 is 20.1 Å². The average molecular weight is 373 g/mol. The number of aromatic nitrogens is 1. The molecule has 1 heterocycles. The monoisotopic (exact) mass is 373 g/mol. The van der Waals surface area contributed by atoms with E-state index in [4.69, 9.17) is 4.74 Å². The molecular formula is C16H15F4N3O3. The maximum absolute atomic E-state index is 13.5. The molecule has 0 aliphatic heterocycles. The molecule has 1 aromatic heterocycles. The Morgan fingerprint density at radius 2 is 2.00 bits per heavy atom. The van der Waals surface area contributed by atoms with Crippen LogP contribution in [-0.2, 0) is 0 Å². The summed E-state index contributed by atoms with van der Waals surface area (Å²) in [5, 5.41) is 5.39. The number of carbonyl (C=O) groups excluding carboxylic acids is 1. The third-order valence-electron chi connectivity index (χ3n) is 3.06. The van der Waals surface area contributed by atoms with Crippen molar-refractivity contribution in [3.63, 3.8) is 0 Å². The first-order valence-electron chi connectivity index (χ1n) is 7.38. The minimum Gasteiger partial charge on any atom is -0.492 e. The third kappa shape index (κ3) is 5.80. The molecule has 0 bridgehead atoms. The number of hydrogen-bond donors (Lipinski definition) is 2. The van der Waals surface area contributed by atoms with Crippen molar-refractivity contribution in [3.8, 4) is 11.5 Å². The zero-order valence-corrected chi connectivity index (χ0v) is 13.6. The summed E-state index contributed by atoms with van der Waals surface area (Å²) in [5.74, 6) is -1.97. The van der Waals surface area contributed by atoms with Crippen LogP contribution in [0.15, 0.2) is 36.5 Å². The van der Waals surface area contributed by atoms with E-state index in [1.807, 2.05) is 0 Å². The summed E-state index contributed by atoms with van der Waals surface area (Å²) < 4.78 is 58.4. The molecule has 6 nitrogen and oxygen atoms in total. The van der Waals surface area contributed by atoms with E-state index in [1.165, 1.54) is 12.3 Å². The Morgan fingerprint density at radius 3 is 2.65 bits per heavy atom. The van der Waals surface area contributed by atoms with Crippen molar-refractivity contribution >= 4 is 11.7 Å². The van der Waals surface area contributed by atoms with Crippen molar-refractivity contribution in [1.29, 1.82) is 0 Å². The van der Waals surface area contributed by atoms with Gasteiger partial charge in [0.2, 0.25) is 0 Å². The molecule has 2 N–H and O–H groups in total. The van der Waals surface area contributed by atoms with Gasteiger partial charge in [0.25, 0.3) is 5.91 Å². The van der Waals surface area contributed by atoms with Crippen LogP contribution >= 0.6 is 0 Å². The van der Waals surface area contributed by atoms with Crippen molar-refractivity contribution in [3.05, 3.63) is 47.9 Å². The number of anilines is 1. The van der Waals surface area contributed by atoms with Gasteiger partial charge in [-0.1, -0.05) is 0 Å². The standard InChI is InChI=1S/C16H15F4N3O3/c1-21-14-8-10(4-5-22-14)15(24)23-6-7-25-11-2-3-13(12(17)9-11)26-16(18,19)20/h2-5,8-9H,6-7H2,1H3,(H,21,22)(H,23,24). The summed E-state index contributed by atoms with van der Waals surface area (Å²) >= 11 is 0. The number of pyridine rings is 1. The Balaban J connectivity index is 1.82. The number of halogens is 4. The van der Waals surface area contributed by atoms with Gasteiger partial charge in [0.1, 0.15) is 18.2 Å². The highest BCUT2D eigenvalue weighted by Gasteiger charge is 2.32. The highest BCUT2D eigenvalue weighted by Crippen LogP contribution is 2.28. The number of hydrogen-bond acceptors (Lipinski definition) is 5. The van der Waals surface area contributed by atoms with Crippen LogP contribution in [0.4, 0.5) is 23.4 Å². The van der Waals surface area contributed by atoms with Gasteiger partial charge in [-0.15, -0.1) is 13.2 Å². The quantitative estimate of drug-likeness (QED) is 0.577. The van der Waals surface area contributed by atoms with E-state index in [1.54, 1.807) is 13.1 Å². The van der Waals surface area contributed by atoms with Crippen molar-refractivity contribution in [2.75, 3.05) is 25.5 Å².